The lowest BCUT2D eigenvalue weighted by atomic mass is 10.0. The van der Waals surface area contributed by atoms with E-state index in [2.05, 4.69) is 5.32 Å². The van der Waals surface area contributed by atoms with Crippen molar-refractivity contribution in [2.45, 2.75) is 32.7 Å². The van der Waals surface area contributed by atoms with E-state index in [1.165, 1.54) is 0 Å². The SMILES string of the molecule is CCC(C)(C)NC(=O)COc1cc(N(C)C)ccc1N. The monoisotopic (exact) mass is 279 g/mol. The summed E-state index contributed by atoms with van der Waals surface area (Å²) < 4.78 is 5.52. The van der Waals surface area contributed by atoms with E-state index >= 15 is 0 Å². The summed E-state index contributed by atoms with van der Waals surface area (Å²) in [5, 5.41) is 2.92. The van der Waals surface area contributed by atoms with Crippen LogP contribution >= 0.6 is 0 Å². The summed E-state index contributed by atoms with van der Waals surface area (Å²) in [5.41, 5.74) is 7.13. The summed E-state index contributed by atoms with van der Waals surface area (Å²) in [7, 11) is 3.87. The number of ether oxygens (including phenoxy) is 1. The van der Waals surface area contributed by atoms with E-state index in [0.29, 0.717) is 11.4 Å². The van der Waals surface area contributed by atoms with Crippen LogP contribution in [0.2, 0.25) is 0 Å². The predicted octanol–water partition coefficient (Wildman–Crippen LogP) is 2.02. The first-order valence-electron chi connectivity index (χ1n) is 6.76. The smallest absolute Gasteiger partial charge is 0.258 e. The maximum atomic E-state index is 11.8. The fourth-order valence-corrected chi connectivity index (χ4v) is 1.57. The Balaban J connectivity index is 2.66. The van der Waals surface area contributed by atoms with Crippen LogP contribution in [-0.2, 0) is 4.79 Å². The predicted molar refractivity (Wildman–Crippen MR) is 83.2 cm³/mol. The Morgan fingerprint density at radius 3 is 2.60 bits per heavy atom. The summed E-state index contributed by atoms with van der Waals surface area (Å²) in [6, 6.07) is 5.51. The normalized spacial score (nSPS) is 11.1. The van der Waals surface area contributed by atoms with Gasteiger partial charge in [-0.3, -0.25) is 4.79 Å². The van der Waals surface area contributed by atoms with Gasteiger partial charge >= 0.3 is 0 Å². The van der Waals surface area contributed by atoms with Gasteiger partial charge in [-0.1, -0.05) is 6.92 Å². The number of carbonyl (C=O) groups excluding carboxylic acids is 1. The average Bonchev–Trinajstić information content (AvgIpc) is 2.37. The van der Waals surface area contributed by atoms with Crippen LogP contribution in [0, 0.1) is 0 Å². The topological polar surface area (TPSA) is 67.6 Å². The standard InChI is InChI=1S/C15H25N3O2/c1-6-15(2,3)17-14(19)10-20-13-9-11(18(4)5)7-8-12(13)16/h7-9H,6,10,16H2,1-5H3,(H,17,19). The Bertz CT molecular complexity index is 470. The van der Waals surface area contributed by atoms with Gasteiger partial charge in [-0.25, -0.2) is 0 Å². The first-order valence-corrected chi connectivity index (χ1v) is 6.76. The molecule has 0 bridgehead atoms. The zero-order valence-electron chi connectivity index (χ0n) is 13.0. The first-order chi connectivity index (χ1) is 9.25. The van der Waals surface area contributed by atoms with E-state index in [0.717, 1.165) is 12.1 Å². The molecule has 0 heterocycles. The van der Waals surface area contributed by atoms with Crippen LogP contribution in [0.1, 0.15) is 27.2 Å². The lowest BCUT2D eigenvalue weighted by molar-refractivity contribution is -0.124. The highest BCUT2D eigenvalue weighted by atomic mass is 16.5. The van der Waals surface area contributed by atoms with Gasteiger partial charge in [0.1, 0.15) is 5.75 Å². The van der Waals surface area contributed by atoms with Crippen LogP contribution in [0.4, 0.5) is 11.4 Å². The van der Waals surface area contributed by atoms with Crippen molar-refractivity contribution in [3.63, 3.8) is 0 Å². The molecule has 0 aliphatic rings. The maximum absolute atomic E-state index is 11.8. The van der Waals surface area contributed by atoms with Crippen LogP contribution in [0.3, 0.4) is 0 Å². The molecule has 0 aliphatic carbocycles. The van der Waals surface area contributed by atoms with Crippen molar-refractivity contribution in [1.82, 2.24) is 5.32 Å². The van der Waals surface area contributed by atoms with Gasteiger partial charge in [0.25, 0.3) is 5.91 Å². The molecule has 0 radical (unpaired) electrons. The zero-order valence-corrected chi connectivity index (χ0v) is 13.0. The van der Waals surface area contributed by atoms with Crippen molar-refractivity contribution < 1.29 is 9.53 Å². The van der Waals surface area contributed by atoms with Gasteiger partial charge in [0.05, 0.1) is 5.69 Å². The number of nitrogens with zero attached hydrogens (tertiary/aromatic N) is 1. The average molecular weight is 279 g/mol. The number of benzene rings is 1. The lowest BCUT2D eigenvalue weighted by Gasteiger charge is -2.24. The van der Waals surface area contributed by atoms with Crippen molar-refractivity contribution in [3.05, 3.63) is 18.2 Å². The number of amides is 1. The molecule has 112 valence electrons. The molecule has 0 saturated carbocycles. The van der Waals surface area contributed by atoms with Gasteiger partial charge in [-0.2, -0.15) is 0 Å². The van der Waals surface area contributed by atoms with E-state index in [1.807, 2.05) is 51.9 Å². The van der Waals surface area contributed by atoms with Crippen LogP contribution < -0.4 is 20.7 Å². The molecular weight excluding hydrogens is 254 g/mol. The number of rotatable bonds is 6. The number of nitrogen functional groups attached to an aromatic ring is 1. The van der Waals surface area contributed by atoms with Crippen molar-refractivity contribution in [2.24, 2.45) is 0 Å². The number of hydrogen-bond donors (Lipinski definition) is 2. The second kappa shape index (κ2) is 6.50. The Hall–Kier alpha value is -1.91. The highest BCUT2D eigenvalue weighted by Gasteiger charge is 2.18. The van der Waals surface area contributed by atoms with E-state index in [9.17, 15) is 4.79 Å². The molecule has 3 N–H and O–H groups in total. The highest BCUT2D eigenvalue weighted by molar-refractivity contribution is 5.78. The lowest BCUT2D eigenvalue weighted by Crippen LogP contribution is -2.44. The van der Waals surface area contributed by atoms with Gasteiger partial charge in [0, 0.05) is 31.4 Å². The van der Waals surface area contributed by atoms with Crippen molar-refractivity contribution >= 4 is 17.3 Å². The van der Waals surface area contributed by atoms with Crippen LogP contribution in [0.25, 0.3) is 0 Å². The van der Waals surface area contributed by atoms with Crippen LogP contribution in [-0.4, -0.2) is 32.1 Å². The minimum Gasteiger partial charge on any atom is -0.482 e. The Morgan fingerprint density at radius 1 is 1.40 bits per heavy atom. The van der Waals surface area contributed by atoms with Gasteiger partial charge in [0.2, 0.25) is 0 Å². The number of carbonyl (C=O) groups is 1. The molecule has 1 aromatic carbocycles. The van der Waals surface area contributed by atoms with E-state index in [4.69, 9.17) is 10.5 Å². The summed E-state index contributed by atoms with van der Waals surface area (Å²) in [5.74, 6) is 0.382. The largest absolute Gasteiger partial charge is 0.482 e. The Morgan fingerprint density at radius 2 is 2.05 bits per heavy atom. The van der Waals surface area contributed by atoms with Crippen molar-refractivity contribution in [1.29, 1.82) is 0 Å². The summed E-state index contributed by atoms with van der Waals surface area (Å²) in [6.45, 7) is 5.95. The van der Waals surface area contributed by atoms with Crippen molar-refractivity contribution in [3.8, 4) is 5.75 Å². The molecule has 0 unspecified atom stereocenters. The molecule has 5 nitrogen and oxygen atoms in total. The summed E-state index contributed by atoms with van der Waals surface area (Å²) >= 11 is 0. The van der Waals surface area contributed by atoms with E-state index in [-0.39, 0.29) is 18.1 Å². The molecule has 1 rings (SSSR count). The van der Waals surface area contributed by atoms with Crippen LogP contribution in [0.15, 0.2) is 18.2 Å². The molecule has 0 aromatic heterocycles. The minimum atomic E-state index is -0.225. The Kier molecular flexibility index (Phi) is 5.25. The molecule has 1 aromatic rings. The molecule has 0 fully saturated rings. The third-order valence-corrected chi connectivity index (χ3v) is 3.23. The van der Waals surface area contributed by atoms with E-state index < -0.39 is 0 Å². The zero-order chi connectivity index (χ0) is 15.3. The number of hydrogen-bond acceptors (Lipinski definition) is 4. The van der Waals surface area contributed by atoms with Gasteiger partial charge in [0.15, 0.2) is 6.61 Å². The molecule has 5 heteroatoms. The Labute approximate surface area is 121 Å². The molecular formula is C15H25N3O2. The second-order valence-electron chi connectivity index (χ2n) is 5.69. The quantitative estimate of drug-likeness (QED) is 0.782. The summed E-state index contributed by atoms with van der Waals surface area (Å²) in [6.07, 6.45) is 0.858. The fourth-order valence-electron chi connectivity index (χ4n) is 1.57. The van der Waals surface area contributed by atoms with Gasteiger partial charge < -0.3 is 20.7 Å². The molecule has 0 spiro atoms. The number of anilines is 2. The van der Waals surface area contributed by atoms with Crippen molar-refractivity contribution in [2.75, 3.05) is 31.3 Å². The molecule has 1 amide bonds. The summed E-state index contributed by atoms with van der Waals surface area (Å²) in [4.78, 5) is 13.8. The molecule has 0 aliphatic heterocycles. The first kappa shape index (κ1) is 16.1. The number of nitrogens with two attached hydrogens (primary N) is 1. The second-order valence-corrected chi connectivity index (χ2v) is 5.69. The van der Waals surface area contributed by atoms with Gasteiger partial charge in [-0.15, -0.1) is 0 Å². The molecule has 0 saturated heterocycles. The third kappa shape index (κ3) is 4.64. The number of nitrogens with one attached hydrogen (secondary N) is 1. The molecule has 0 atom stereocenters. The minimum absolute atomic E-state index is 0.0372. The highest BCUT2D eigenvalue weighted by Crippen LogP contribution is 2.26. The maximum Gasteiger partial charge on any atom is 0.258 e. The van der Waals surface area contributed by atoms with Crippen LogP contribution in [0.5, 0.6) is 5.75 Å². The van der Waals surface area contributed by atoms with E-state index in [1.54, 1.807) is 6.07 Å². The van der Waals surface area contributed by atoms with Gasteiger partial charge in [-0.05, 0) is 32.4 Å². The third-order valence-electron chi connectivity index (χ3n) is 3.23. The molecule has 20 heavy (non-hydrogen) atoms. The fraction of sp³-hybridized carbons (Fsp3) is 0.533.